The smallest absolute Gasteiger partial charge is 0.261 e. The SMILES string of the molecule is COc1ccc(S(=O)(=O)Nc2ccc(C(=O)NCC3CCCO3)cc2)cc1. The Morgan fingerprint density at radius 1 is 1.15 bits per heavy atom. The van der Waals surface area contributed by atoms with E-state index < -0.39 is 10.0 Å². The fourth-order valence-electron chi connectivity index (χ4n) is 2.77. The topological polar surface area (TPSA) is 93.7 Å². The van der Waals surface area contributed by atoms with Gasteiger partial charge in [0.25, 0.3) is 15.9 Å². The Morgan fingerprint density at radius 3 is 2.44 bits per heavy atom. The summed E-state index contributed by atoms with van der Waals surface area (Å²) in [5.41, 5.74) is 0.835. The first-order valence-corrected chi connectivity index (χ1v) is 10.1. The van der Waals surface area contributed by atoms with Gasteiger partial charge in [0.05, 0.1) is 18.1 Å². The van der Waals surface area contributed by atoms with Gasteiger partial charge in [-0.2, -0.15) is 0 Å². The van der Waals surface area contributed by atoms with Gasteiger partial charge in [-0.25, -0.2) is 8.42 Å². The molecule has 2 aromatic carbocycles. The molecule has 0 bridgehead atoms. The first-order valence-electron chi connectivity index (χ1n) is 8.65. The van der Waals surface area contributed by atoms with Crippen molar-refractivity contribution < 1.29 is 22.7 Å². The molecule has 0 spiro atoms. The molecule has 0 saturated carbocycles. The second-order valence-electron chi connectivity index (χ2n) is 6.20. The van der Waals surface area contributed by atoms with Gasteiger partial charge in [-0.3, -0.25) is 9.52 Å². The van der Waals surface area contributed by atoms with Crippen molar-refractivity contribution in [3.63, 3.8) is 0 Å². The van der Waals surface area contributed by atoms with Crippen LogP contribution in [-0.2, 0) is 14.8 Å². The van der Waals surface area contributed by atoms with E-state index >= 15 is 0 Å². The van der Waals surface area contributed by atoms with Gasteiger partial charge in [0, 0.05) is 24.4 Å². The van der Waals surface area contributed by atoms with Gasteiger partial charge in [-0.05, 0) is 61.4 Å². The van der Waals surface area contributed by atoms with Crippen molar-refractivity contribution in [1.29, 1.82) is 0 Å². The van der Waals surface area contributed by atoms with Crippen LogP contribution < -0.4 is 14.8 Å². The number of carbonyl (C=O) groups excluding carboxylic acids is 1. The highest BCUT2D eigenvalue weighted by molar-refractivity contribution is 7.92. The minimum absolute atomic E-state index is 0.0736. The predicted molar refractivity (Wildman–Crippen MR) is 102 cm³/mol. The molecule has 1 amide bonds. The summed E-state index contributed by atoms with van der Waals surface area (Å²) in [7, 11) is -2.20. The maximum absolute atomic E-state index is 12.4. The number of nitrogens with one attached hydrogen (secondary N) is 2. The van der Waals surface area contributed by atoms with Crippen LogP contribution in [0, 0.1) is 0 Å². The monoisotopic (exact) mass is 390 g/mol. The van der Waals surface area contributed by atoms with E-state index in [1.165, 1.54) is 19.2 Å². The summed E-state index contributed by atoms with van der Waals surface area (Å²) in [6, 6.07) is 12.4. The third-order valence-electron chi connectivity index (χ3n) is 4.28. The van der Waals surface area contributed by atoms with Gasteiger partial charge in [0.1, 0.15) is 5.75 Å². The Morgan fingerprint density at radius 2 is 1.85 bits per heavy atom. The number of carbonyl (C=O) groups is 1. The third-order valence-corrected chi connectivity index (χ3v) is 5.68. The molecule has 1 aliphatic heterocycles. The number of rotatable bonds is 7. The lowest BCUT2D eigenvalue weighted by Crippen LogP contribution is -2.31. The Labute approximate surface area is 158 Å². The van der Waals surface area contributed by atoms with E-state index in [1.54, 1.807) is 36.4 Å². The molecule has 27 heavy (non-hydrogen) atoms. The molecule has 7 nitrogen and oxygen atoms in total. The number of ether oxygens (including phenoxy) is 2. The molecule has 8 heteroatoms. The van der Waals surface area contributed by atoms with Crippen LogP contribution in [0.1, 0.15) is 23.2 Å². The molecule has 1 aliphatic rings. The van der Waals surface area contributed by atoms with Crippen LogP contribution in [0.25, 0.3) is 0 Å². The summed E-state index contributed by atoms with van der Waals surface area (Å²) in [6.07, 6.45) is 2.04. The summed E-state index contributed by atoms with van der Waals surface area (Å²) >= 11 is 0. The van der Waals surface area contributed by atoms with Gasteiger partial charge in [0.2, 0.25) is 0 Å². The highest BCUT2D eigenvalue weighted by Gasteiger charge is 2.17. The zero-order valence-corrected chi connectivity index (χ0v) is 15.8. The molecule has 144 valence electrons. The van der Waals surface area contributed by atoms with Crippen molar-refractivity contribution in [3.8, 4) is 5.75 Å². The normalized spacial score (nSPS) is 16.7. The van der Waals surface area contributed by atoms with Crippen LogP contribution in [0.4, 0.5) is 5.69 Å². The summed E-state index contributed by atoms with van der Waals surface area (Å²) in [6.45, 7) is 1.22. The molecule has 3 rings (SSSR count). The number of amides is 1. The van der Waals surface area contributed by atoms with E-state index in [2.05, 4.69) is 10.0 Å². The van der Waals surface area contributed by atoms with E-state index in [9.17, 15) is 13.2 Å². The second-order valence-corrected chi connectivity index (χ2v) is 7.89. The van der Waals surface area contributed by atoms with E-state index in [0.717, 1.165) is 19.4 Å². The van der Waals surface area contributed by atoms with E-state index in [-0.39, 0.29) is 16.9 Å². The standard InChI is InChI=1S/C19H22N2O5S/c1-25-16-8-10-18(11-9-16)27(23,24)21-15-6-4-14(5-7-15)19(22)20-13-17-3-2-12-26-17/h4-11,17,21H,2-3,12-13H2,1H3,(H,20,22). The third kappa shape index (κ3) is 4.99. The van der Waals surface area contributed by atoms with Crippen molar-refractivity contribution in [3.05, 3.63) is 54.1 Å². The average Bonchev–Trinajstić information content (AvgIpc) is 3.20. The lowest BCUT2D eigenvalue weighted by atomic mass is 10.2. The first kappa shape index (κ1) is 19.2. The van der Waals surface area contributed by atoms with Crippen molar-refractivity contribution in [2.45, 2.75) is 23.8 Å². The first-order chi connectivity index (χ1) is 13.0. The van der Waals surface area contributed by atoms with Crippen molar-refractivity contribution in [2.75, 3.05) is 25.0 Å². The molecule has 2 N–H and O–H groups in total. The molecule has 1 heterocycles. The van der Waals surface area contributed by atoms with Crippen LogP contribution in [0.5, 0.6) is 5.75 Å². The van der Waals surface area contributed by atoms with Crippen molar-refractivity contribution in [1.82, 2.24) is 5.32 Å². The quantitative estimate of drug-likeness (QED) is 0.757. The van der Waals surface area contributed by atoms with E-state index in [4.69, 9.17) is 9.47 Å². The molecular weight excluding hydrogens is 368 g/mol. The number of anilines is 1. The van der Waals surface area contributed by atoms with Crippen LogP contribution in [-0.4, -0.2) is 40.7 Å². The van der Waals surface area contributed by atoms with Gasteiger partial charge in [-0.1, -0.05) is 0 Å². The summed E-state index contributed by atoms with van der Waals surface area (Å²) in [4.78, 5) is 12.3. The second kappa shape index (κ2) is 8.41. The van der Waals surface area contributed by atoms with Crippen LogP contribution in [0.2, 0.25) is 0 Å². The van der Waals surface area contributed by atoms with Crippen LogP contribution in [0.15, 0.2) is 53.4 Å². The number of hydrogen-bond donors (Lipinski definition) is 2. The maximum atomic E-state index is 12.4. The predicted octanol–water partition coefficient (Wildman–Crippen LogP) is 2.40. The highest BCUT2D eigenvalue weighted by atomic mass is 32.2. The Balaban J connectivity index is 1.61. The molecule has 1 unspecified atom stereocenters. The maximum Gasteiger partial charge on any atom is 0.261 e. The fourth-order valence-corrected chi connectivity index (χ4v) is 3.83. The fraction of sp³-hybridized carbons (Fsp3) is 0.316. The summed E-state index contributed by atoms with van der Waals surface area (Å²) in [5.74, 6) is 0.363. The molecule has 1 fully saturated rings. The van der Waals surface area contributed by atoms with Crippen LogP contribution >= 0.6 is 0 Å². The van der Waals surface area contributed by atoms with Crippen molar-refractivity contribution in [2.24, 2.45) is 0 Å². The lowest BCUT2D eigenvalue weighted by Gasteiger charge is -2.12. The minimum Gasteiger partial charge on any atom is -0.497 e. The Bertz CT molecular complexity index is 873. The molecule has 0 aromatic heterocycles. The minimum atomic E-state index is -3.72. The lowest BCUT2D eigenvalue weighted by molar-refractivity contribution is 0.0858. The Hall–Kier alpha value is -2.58. The number of benzene rings is 2. The van der Waals surface area contributed by atoms with Crippen LogP contribution in [0.3, 0.4) is 0 Å². The highest BCUT2D eigenvalue weighted by Crippen LogP contribution is 2.19. The molecule has 0 radical (unpaired) electrons. The van der Waals surface area contributed by atoms with Gasteiger partial charge in [0.15, 0.2) is 0 Å². The number of methoxy groups -OCH3 is 1. The zero-order chi connectivity index (χ0) is 19.3. The molecule has 2 aromatic rings. The molecule has 1 saturated heterocycles. The molecule has 1 atom stereocenters. The van der Waals surface area contributed by atoms with Crippen molar-refractivity contribution >= 4 is 21.6 Å². The largest absolute Gasteiger partial charge is 0.497 e. The number of sulfonamides is 1. The summed E-state index contributed by atoms with van der Waals surface area (Å²) in [5, 5.41) is 2.83. The molecular formula is C19H22N2O5S. The zero-order valence-electron chi connectivity index (χ0n) is 15.0. The van der Waals surface area contributed by atoms with Gasteiger partial charge < -0.3 is 14.8 Å². The summed E-state index contributed by atoms with van der Waals surface area (Å²) < 4.78 is 37.8. The van der Waals surface area contributed by atoms with E-state index in [0.29, 0.717) is 23.5 Å². The Kier molecular flexibility index (Phi) is 5.98. The number of hydrogen-bond acceptors (Lipinski definition) is 5. The average molecular weight is 390 g/mol. The molecule has 0 aliphatic carbocycles. The van der Waals surface area contributed by atoms with Gasteiger partial charge >= 0.3 is 0 Å². The van der Waals surface area contributed by atoms with Gasteiger partial charge in [-0.15, -0.1) is 0 Å². The van der Waals surface area contributed by atoms with E-state index in [1.807, 2.05) is 0 Å².